The fraction of sp³-hybridized carbons (Fsp3) is 0.357. The summed E-state index contributed by atoms with van der Waals surface area (Å²) in [6, 6.07) is 22.4. The van der Waals surface area contributed by atoms with Gasteiger partial charge in [-0.15, -0.1) is 0 Å². The van der Waals surface area contributed by atoms with Crippen molar-refractivity contribution in [2.45, 2.75) is 25.6 Å². The molecule has 7 heteroatoms. The number of ether oxygens (including phenoxy) is 2. The molecule has 3 aromatic carbocycles. The van der Waals surface area contributed by atoms with Gasteiger partial charge in [-0.25, -0.2) is 0 Å². The Morgan fingerprint density at radius 3 is 1.89 bits per heavy atom. The summed E-state index contributed by atoms with van der Waals surface area (Å²) in [5, 5.41) is 22.9. The van der Waals surface area contributed by atoms with Crippen molar-refractivity contribution in [2.24, 2.45) is 0 Å². The standard InChI is InChI=1S/C28H33Cl2NO4/c1-2-34-15-16-35-26-11-9-21(10-12-26)13-14-31(19-27(32)22-5-3-7-24(29)17-22)20-28(33)23-6-4-8-25(30)18-23/h3-12,17-18,27-28,32-33H,2,13-16,19-20H2,1H3/t27-,28-/m0/s1. The highest BCUT2D eigenvalue weighted by Gasteiger charge is 2.19. The first kappa shape index (κ1) is 27.5. The maximum atomic E-state index is 10.9. The van der Waals surface area contributed by atoms with Crippen LogP contribution in [0.3, 0.4) is 0 Å². The summed E-state index contributed by atoms with van der Waals surface area (Å²) in [5.74, 6) is 0.804. The first-order valence-electron chi connectivity index (χ1n) is 11.8. The van der Waals surface area contributed by atoms with Crippen molar-refractivity contribution in [1.82, 2.24) is 4.90 Å². The first-order valence-corrected chi connectivity index (χ1v) is 12.6. The maximum absolute atomic E-state index is 10.9. The number of nitrogens with zero attached hydrogens (tertiary/aromatic N) is 1. The van der Waals surface area contributed by atoms with Gasteiger partial charge in [-0.2, -0.15) is 0 Å². The highest BCUT2D eigenvalue weighted by molar-refractivity contribution is 6.30. The van der Waals surface area contributed by atoms with Crippen LogP contribution in [-0.4, -0.2) is 54.6 Å². The predicted octanol–water partition coefficient (Wildman–Crippen LogP) is 5.72. The zero-order valence-electron chi connectivity index (χ0n) is 19.9. The molecule has 2 atom stereocenters. The zero-order chi connectivity index (χ0) is 25.0. The molecular formula is C28H33Cl2NO4. The molecule has 0 unspecified atom stereocenters. The topological polar surface area (TPSA) is 62.2 Å². The molecule has 0 heterocycles. The average Bonchev–Trinajstić information content (AvgIpc) is 2.86. The lowest BCUT2D eigenvalue weighted by atomic mass is 10.1. The minimum absolute atomic E-state index is 0.358. The van der Waals surface area contributed by atoms with Gasteiger partial charge in [0.05, 0.1) is 18.8 Å². The third-order valence-electron chi connectivity index (χ3n) is 5.67. The number of halogens is 2. The van der Waals surface area contributed by atoms with Crippen molar-refractivity contribution in [3.63, 3.8) is 0 Å². The summed E-state index contributed by atoms with van der Waals surface area (Å²) in [6.07, 6.45) is -0.716. The Morgan fingerprint density at radius 2 is 1.37 bits per heavy atom. The molecule has 0 spiro atoms. The molecule has 3 aromatic rings. The minimum atomic E-state index is -0.735. The average molecular weight is 518 g/mol. The lowest BCUT2D eigenvalue weighted by Crippen LogP contribution is -2.34. The number of hydrogen-bond donors (Lipinski definition) is 2. The van der Waals surface area contributed by atoms with E-state index in [0.29, 0.717) is 49.5 Å². The molecule has 5 nitrogen and oxygen atoms in total. The predicted molar refractivity (Wildman–Crippen MR) is 141 cm³/mol. The van der Waals surface area contributed by atoms with Gasteiger partial charge in [0.1, 0.15) is 12.4 Å². The molecule has 0 aliphatic heterocycles. The van der Waals surface area contributed by atoms with Crippen molar-refractivity contribution in [1.29, 1.82) is 0 Å². The van der Waals surface area contributed by atoms with Gasteiger partial charge in [-0.1, -0.05) is 59.6 Å². The van der Waals surface area contributed by atoms with E-state index in [9.17, 15) is 10.2 Å². The third kappa shape index (κ3) is 9.45. The summed E-state index contributed by atoms with van der Waals surface area (Å²) in [4.78, 5) is 2.06. The van der Waals surface area contributed by atoms with E-state index >= 15 is 0 Å². The monoisotopic (exact) mass is 517 g/mol. The van der Waals surface area contributed by atoms with Gasteiger partial charge < -0.3 is 19.7 Å². The molecule has 0 radical (unpaired) electrons. The third-order valence-corrected chi connectivity index (χ3v) is 6.14. The minimum Gasteiger partial charge on any atom is -0.491 e. The van der Waals surface area contributed by atoms with Crippen LogP contribution in [0.2, 0.25) is 10.0 Å². The molecule has 0 aromatic heterocycles. The highest BCUT2D eigenvalue weighted by atomic mass is 35.5. The highest BCUT2D eigenvalue weighted by Crippen LogP contribution is 2.23. The molecule has 0 bridgehead atoms. The van der Waals surface area contributed by atoms with Crippen LogP contribution in [0.25, 0.3) is 0 Å². The maximum Gasteiger partial charge on any atom is 0.119 e. The second-order valence-corrected chi connectivity index (χ2v) is 9.21. The SMILES string of the molecule is CCOCCOc1ccc(CCN(C[C@H](O)c2cccc(Cl)c2)C[C@H](O)c2cccc(Cl)c2)cc1. The van der Waals surface area contributed by atoms with Crippen molar-refractivity contribution >= 4 is 23.2 Å². The van der Waals surface area contributed by atoms with Gasteiger partial charge in [0.15, 0.2) is 0 Å². The molecule has 0 aliphatic rings. The fourth-order valence-corrected chi connectivity index (χ4v) is 4.18. The smallest absolute Gasteiger partial charge is 0.119 e. The van der Waals surface area contributed by atoms with Crippen molar-refractivity contribution in [3.8, 4) is 5.75 Å². The molecule has 35 heavy (non-hydrogen) atoms. The van der Waals surface area contributed by atoms with Gasteiger partial charge in [0, 0.05) is 36.3 Å². The molecule has 0 aliphatic carbocycles. The summed E-state index contributed by atoms with van der Waals surface area (Å²) in [7, 11) is 0. The van der Waals surface area contributed by atoms with Gasteiger partial charge in [0.2, 0.25) is 0 Å². The summed E-state index contributed by atoms with van der Waals surface area (Å²) < 4.78 is 11.0. The number of rotatable bonds is 14. The Morgan fingerprint density at radius 1 is 0.800 bits per heavy atom. The van der Waals surface area contributed by atoms with Crippen molar-refractivity contribution < 1.29 is 19.7 Å². The van der Waals surface area contributed by atoms with Gasteiger partial charge in [0.25, 0.3) is 0 Å². The Kier molecular flexibility index (Phi) is 11.3. The molecule has 188 valence electrons. The number of hydrogen-bond acceptors (Lipinski definition) is 5. The van der Waals surface area contributed by atoms with Crippen LogP contribution < -0.4 is 4.74 Å². The first-order chi connectivity index (χ1) is 16.9. The van der Waals surface area contributed by atoms with Crippen LogP contribution in [0, 0.1) is 0 Å². The van der Waals surface area contributed by atoms with Gasteiger partial charge in [-0.3, -0.25) is 4.90 Å². The van der Waals surface area contributed by atoms with Crippen LogP contribution in [-0.2, 0) is 11.2 Å². The zero-order valence-corrected chi connectivity index (χ0v) is 21.5. The Hall–Kier alpha value is -2.12. The molecule has 2 N–H and O–H groups in total. The van der Waals surface area contributed by atoms with Crippen molar-refractivity contribution in [3.05, 3.63) is 99.5 Å². The largest absolute Gasteiger partial charge is 0.491 e. The lowest BCUT2D eigenvalue weighted by Gasteiger charge is -2.28. The summed E-state index contributed by atoms with van der Waals surface area (Å²) >= 11 is 12.2. The Balaban J connectivity index is 1.64. The van der Waals surface area contributed by atoms with E-state index in [1.807, 2.05) is 55.5 Å². The molecule has 0 amide bonds. The molecule has 3 rings (SSSR count). The summed E-state index contributed by atoms with van der Waals surface area (Å²) in [6.45, 7) is 5.09. The number of aliphatic hydroxyl groups is 2. The lowest BCUT2D eigenvalue weighted by molar-refractivity contribution is 0.0694. The van der Waals surface area contributed by atoms with E-state index in [4.69, 9.17) is 32.7 Å². The molecule has 0 fully saturated rings. The van der Waals surface area contributed by atoms with Gasteiger partial charge >= 0.3 is 0 Å². The van der Waals surface area contributed by atoms with Crippen LogP contribution >= 0.6 is 23.2 Å². The van der Waals surface area contributed by atoms with Crippen LogP contribution in [0.5, 0.6) is 5.75 Å². The quantitative estimate of drug-likeness (QED) is 0.267. The van der Waals surface area contributed by atoms with E-state index < -0.39 is 12.2 Å². The van der Waals surface area contributed by atoms with E-state index in [0.717, 1.165) is 28.9 Å². The fourth-order valence-electron chi connectivity index (χ4n) is 3.79. The molecular weight excluding hydrogens is 485 g/mol. The number of aliphatic hydroxyl groups excluding tert-OH is 2. The molecule has 0 saturated heterocycles. The van der Waals surface area contributed by atoms with E-state index in [1.165, 1.54) is 0 Å². The van der Waals surface area contributed by atoms with Crippen LogP contribution in [0.15, 0.2) is 72.8 Å². The normalized spacial score (nSPS) is 13.1. The van der Waals surface area contributed by atoms with Crippen LogP contribution in [0.4, 0.5) is 0 Å². The van der Waals surface area contributed by atoms with Crippen LogP contribution in [0.1, 0.15) is 35.8 Å². The van der Waals surface area contributed by atoms with E-state index in [2.05, 4.69) is 4.90 Å². The Labute approximate surface area is 217 Å². The van der Waals surface area contributed by atoms with E-state index in [1.54, 1.807) is 24.3 Å². The van der Waals surface area contributed by atoms with Crippen molar-refractivity contribution in [2.75, 3.05) is 39.5 Å². The van der Waals surface area contributed by atoms with Gasteiger partial charge in [-0.05, 0) is 66.4 Å². The number of benzene rings is 3. The summed E-state index contributed by atoms with van der Waals surface area (Å²) in [5.41, 5.74) is 2.63. The molecule has 0 saturated carbocycles. The Bertz CT molecular complexity index is 978. The second kappa shape index (κ2) is 14.4. The second-order valence-electron chi connectivity index (χ2n) is 8.34. The van der Waals surface area contributed by atoms with E-state index in [-0.39, 0.29) is 0 Å².